The summed E-state index contributed by atoms with van der Waals surface area (Å²) >= 11 is 3.22. The molecule has 1 aromatic heterocycles. The number of nitrogens with zero attached hydrogens (tertiary/aromatic N) is 2. The smallest absolute Gasteiger partial charge is 0.260 e. The van der Waals surface area contributed by atoms with Crippen LogP contribution >= 0.6 is 15.9 Å². The average molecular weight is 302 g/mol. The molecule has 1 heterocycles. The van der Waals surface area contributed by atoms with Crippen LogP contribution in [0.25, 0.3) is 11.5 Å². The van der Waals surface area contributed by atoms with Crippen LogP contribution in [0.3, 0.4) is 0 Å². The van der Waals surface area contributed by atoms with Gasteiger partial charge in [0.2, 0.25) is 0 Å². The normalized spacial score (nSPS) is 12.7. The molecule has 2 aromatic rings. The first-order valence-corrected chi connectivity index (χ1v) is 5.56. The van der Waals surface area contributed by atoms with Crippen LogP contribution in [0.2, 0.25) is 0 Å². The Hall–Kier alpha value is -1.31. The quantitative estimate of drug-likeness (QED) is 0.900. The summed E-state index contributed by atoms with van der Waals surface area (Å²) in [5, 5.41) is 12.4. The first kappa shape index (κ1) is 12.2. The van der Waals surface area contributed by atoms with Gasteiger partial charge in [-0.25, -0.2) is 4.39 Å². The van der Waals surface area contributed by atoms with E-state index in [1.54, 1.807) is 6.07 Å². The van der Waals surface area contributed by atoms with Crippen LogP contribution in [0.5, 0.6) is 0 Å². The van der Waals surface area contributed by atoms with Crippen LogP contribution in [-0.2, 0) is 0 Å². The van der Waals surface area contributed by atoms with Crippen LogP contribution in [0, 0.1) is 5.82 Å². The predicted octanol–water partition coefficient (Wildman–Crippen LogP) is 1.63. The number of halogens is 2. The van der Waals surface area contributed by atoms with Crippen molar-refractivity contribution in [3.05, 3.63) is 34.3 Å². The van der Waals surface area contributed by atoms with E-state index in [1.807, 2.05) is 0 Å². The van der Waals surface area contributed by atoms with Crippen molar-refractivity contribution in [3.63, 3.8) is 0 Å². The molecule has 1 atom stereocenters. The maximum absolute atomic E-state index is 13.5. The van der Waals surface area contributed by atoms with Crippen LogP contribution < -0.4 is 5.73 Å². The van der Waals surface area contributed by atoms with Crippen molar-refractivity contribution in [2.45, 2.75) is 6.04 Å². The molecule has 0 fully saturated rings. The second kappa shape index (κ2) is 4.91. The van der Waals surface area contributed by atoms with Crippen LogP contribution in [0.1, 0.15) is 11.9 Å². The molecule has 17 heavy (non-hydrogen) atoms. The van der Waals surface area contributed by atoms with Crippen LogP contribution in [-0.4, -0.2) is 21.9 Å². The van der Waals surface area contributed by atoms with Gasteiger partial charge in [-0.15, -0.1) is 0 Å². The van der Waals surface area contributed by atoms with Crippen molar-refractivity contribution < 1.29 is 14.0 Å². The summed E-state index contributed by atoms with van der Waals surface area (Å²) in [7, 11) is 0. The van der Waals surface area contributed by atoms with Crippen molar-refractivity contribution in [3.8, 4) is 11.5 Å². The van der Waals surface area contributed by atoms with Crippen LogP contribution in [0.15, 0.2) is 27.2 Å². The van der Waals surface area contributed by atoms with Gasteiger partial charge in [-0.05, 0) is 18.2 Å². The number of aliphatic hydroxyl groups excluding tert-OH is 1. The fourth-order valence-electron chi connectivity index (χ4n) is 1.24. The van der Waals surface area contributed by atoms with Gasteiger partial charge in [-0.3, -0.25) is 0 Å². The third-order valence-electron chi connectivity index (χ3n) is 2.13. The van der Waals surface area contributed by atoms with Gasteiger partial charge in [0.1, 0.15) is 5.82 Å². The minimum absolute atomic E-state index is 0.0303. The largest absolute Gasteiger partial charge is 0.394 e. The number of nitrogens with two attached hydrogens (primary N) is 1. The molecule has 7 heteroatoms. The molecule has 0 saturated heterocycles. The number of rotatable bonds is 3. The van der Waals surface area contributed by atoms with E-state index in [4.69, 9.17) is 15.4 Å². The maximum Gasteiger partial charge on any atom is 0.260 e. The van der Waals surface area contributed by atoms with Crippen molar-refractivity contribution in [1.82, 2.24) is 10.1 Å². The zero-order valence-electron chi connectivity index (χ0n) is 8.60. The van der Waals surface area contributed by atoms with Crippen molar-refractivity contribution in [1.29, 1.82) is 0 Å². The van der Waals surface area contributed by atoms with Gasteiger partial charge in [-0.2, -0.15) is 4.98 Å². The molecule has 90 valence electrons. The Kier molecular flexibility index (Phi) is 3.51. The van der Waals surface area contributed by atoms with E-state index in [2.05, 4.69) is 26.1 Å². The summed E-state index contributed by atoms with van der Waals surface area (Å²) in [6.45, 7) is -0.306. The standard InChI is InChI=1S/C10H9BrFN3O2/c11-5-1-2-7(12)6(3-5)10-14-9(15-17-10)8(13)4-16/h1-3,8,16H,4,13H2. The Bertz CT molecular complexity index is 532. The number of aromatic nitrogens is 2. The van der Waals surface area contributed by atoms with Crippen LogP contribution in [0.4, 0.5) is 4.39 Å². The second-order valence-electron chi connectivity index (χ2n) is 3.37. The zero-order chi connectivity index (χ0) is 12.4. The Morgan fingerprint density at radius 1 is 1.53 bits per heavy atom. The van der Waals surface area contributed by atoms with Gasteiger partial charge in [0.05, 0.1) is 18.2 Å². The molecule has 3 N–H and O–H groups in total. The number of hydrogen-bond donors (Lipinski definition) is 2. The van der Waals surface area contributed by atoms with E-state index in [9.17, 15) is 4.39 Å². The summed E-state index contributed by atoms with van der Waals surface area (Å²) in [5.41, 5.74) is 5.70. The monoisotopic (exact) mass is 301 g/mol. The summed E-state index contributed by atoms with van der Waals surface area (Å²) < 4.78 is 19.1. The molecular formula is C10H9BrFN3O2. The number of benzene rings is 1. The molecule has 0 spiro atoms. The van der Waals surface area contributed by atoms with E-state index in [0.29, 0.717) is 4.47 Å². The lowest BCUT2D eigenvalue weighted by Crippen LogP contribution is -2.15. The molecule has 0 aliphatic rings. The zero-order valence-corrected chi connectivity index (χ0v) is 10.2. The summed E-state index contributed by atoms with van der Waals surface area (Å²) in [4.78, 5) is 3.93. The predicted molar refractivity (Wildman–Crippen MR) is 61.4 cm³/mol. The Balaban J connectivity index is 2.40. The van der Waals surface area contributed by atoms with E-state index in [1.165, 1.54) is 12.1 Å². The lowest BCUT2D eigenvalue weighted by molar-refractivity contribution is 0.260. The molecule has 0 bridgehead atoms. The fraction of sp³-hybridized carbons (Fsp3) is 0.200. The van der Waals surface area contributed by atoms with Gasteiger partial charge in [-0.1, -0.05) is 21.1 Å². The highest BCUT2D eigenvalue weighted by Gasteiger charge is 2.17. The summed E-state index contributed by atoms with van der Waals surface area (Å²) in [6.07, 6.45) is 0. The van der Waals surface area contributed by atoms with E-state index in [0.717, 1.165) is 0 Å². The van der Waals surface area contributed by atoms with E-state index in [-0.39, 0.29) is 23.9 Å². The topological polar surface area (TPSA) is 85.2 Å². The minimum Gasteiger partial charge on any atom is -0.394 e. The number of aliphatic hydroxyl groups is 1. The lowest BCUT2D eigenvalue weighted by Gasteiger charge is -1.99. The highest BCUT2D eigenvalue weighted by molar-refractivity contribution is 9.10. The molecule has 0 aliphatic heterocycles. The average Bonchev–Trinajstić information content (AvgIpc) is 2.80. The van der Waals surface area contributed by atoms with Gasteiger partial charge in [0.25, 0.3) is 5.89 Å². The summed E-state index contributed by atoms with van der Waals surface area (Å²) in [5.74, 6) is -0.300. The van der Waals surface area contributed by atoms with E-state index >= 15 is 0 Å². The molecule has 0 radical (unpaired) electrons. The van der Waals surface area contributed by atoms with Gasteiger partial charge in [0, 0.05) is 4.47 Å². The molecule has 0 aliphatic carbocycles. The van der Waals surface area contributed by atoms with Crippen molar-refractivity contribution in [2.75, 3.05) is 6.61 Å². The second-order valence-corrected chi connectivity index (χ2v) is 4.29. The molecule has 0 amide bonds. The first-order chi connectivity index (χ1) is 8.11. The lowest BCUT2D eigenvalue weighted by atomic mass is 10.2. The molecule has 0 saturated carbocycles. The number of hydrogen-bond acceptors (Lipinski definition) is 5. The van der Waals surface area contributed by atoms with Gasteiger partial charge < -0.3 is 15.4 Å². The highest BCUT2D eigenvalue weighted by Crippen LogP contribution is 2.25. The Morgan fingerprint density at radius 2 is 2.29 bits per heavy atom. The Morgan fingerprint density at radius 3 is 3.00 bits per heavy atom. The van der Waals surface area contributed by atoms with Gasteiger partial charge in [0.15, 0.2) is 5.82 Å². The molecule has 1 aromatic carbocycles. The fourth-order valence-corrected chi connectivity index (χ4v) is 1.60. The van der Waals surface area contributed by atoms with Crippen molar-refractivity contribution in [2.24, 2.45) is 5.73 Å². The molecule has 1 unspecified atom stereocenters. The maximum atomic E-state index is 13.5. The van der Waals surface area contributed by atoms with E-state index < -0.39 is 11.9 Å². The molecule has 2 rings (SSSR count). The summed E-state index contributed by atoms with van der Waals surface area (Å²) in [6, 6.07) is 3.64. The van der Waals surface area contributed by atoms with Crippen molar-refractivity contribution >= 4 is 15.9 Å². The molecule has 5 nitrogen and oxygen atoms in total. The minimum atomic E-state index is -0.734. The first-order valence-electron chi connectivity index (χ1n) is 4.77. The third-order valence-corrected chi connectivity index (χ3v) is 2.62. The Labute approximate surface area is 105 Å². The highest BCUT2D eigenvalue weighted by atomic mass is 79.9. The third kappa shape index (κ3) is 2.51. The van der Waals surface area contributed by atoms with Gasteiger partial charge >= 0.3 is 0 Å². The SMILES string of the molecule is NC(CO)c1noc(-c2cc(Br)ccc2F)n1. The molecular weight excluding hydrogens is 293 g/mol.